The predicted octanol–water partition coefficient (Wildman–Crippen LogP) is 5.36. The number of rotatable bonds is 4. The first-order valence-electron chi connectivity index (χ1n) is 9.14. The molecule has 4 nitrogen and oxygen atoms in total. The fourth-order valence-corrected chi connectivity index (χ4v) is 4.58. The van der Waals surface area contributed by atoms with Crippen molar-refractivity contribution < 1.29 is 4.74 Å². The summed E-state index contributed by atoms with van der Waals surface area (Å²) in [6.07, 6.45) is 9.97. The molecule has 0 saturated heterocycles. The molecule has 1 aliphatic rings. The van der Waals surface area contributed by atoms with Crippen molar-refractivity contribution in [3.8, 4) is 17.0 Å². The van der Waals surface area contributed by atoms with Crippen LogP contribution in [0.4, 0.5) is 5.69 Å². The fourth-order valence-electron chi connectivity index (χ4n) is 3.60. The zero-order valence-corrected chi connectivity index (χ0v) is 15.8. The van der Waals surface area contributed by atoms with Gasteiger partial charge in [0.2, 0.25) is 0 Å². The smallest absolute Gasteiger partial charge is 0.190 e. The lowest BCUT2D eigenvalue weighted by molar-refractivity contribution is 0.351. The Hall–Kier alpha value is -2.40. The molecule has 2 aromatic heterocycles. The van der Waals surface area contributed by atoms with Gasteiger partial charge >= 0.3 is 0 Å². The van der Waals surface area contributed by atoms with Crippen molar-refractivity contribution in [3.05, 3.63) is 59.0 Å². The van der Waals surface area contributed by atoms with Crippen molar-refractivity contribution in [3.63, 3.8) is 0 Å². The average molecular weight is 366 g/mol. The molecule has 0 unspecified atom stereocenters. The monoisotopic (exact) mass is 365 g/mol. The third-order valence-corrected chi connectivity index (χ3v) is 5.78. The largest absolute Gasteiger partial charge is 0.497 e. The minimum Gasteiger partial charge on any atom is -0.497 e. The second-order valence-electron chi connectivity index (χ2n) is 6.62. The van der Waals surface area contributed by atoms with E-state index in [1.54, 1.807) is 24.6 Å². The van der Waals surface area contributed by atoms with Crippen molar-refractivity contribution in [2.24, 2.45) is 4.99 Å². The van der Waals surface area contributed by atoms with Crippen LogP contribution in [-0.4, -0.2) is 16.7 Å². The van der Waals surface area contributed by atoms with Crippen LogP contribution in [0.25, 0.3) is 11.3 Å². The number of benzene rings is 1. The Kier molecular flexibility index (Phi) is 5.16. The molecule has 0 radical (unpaired) electrons. The molecule has 0 N–H and O–H groups in total. The van der Waals surface area contributed by atoms with E-state index < -0.39 is 0 Å². The van der Waals surface area contributed by atoms with E-state index in [0.29, 0.717) is 6.04 Å². The first-order chi connectivity index (χ1) is 12.8. The molecule has 3 aromatic rings. The van der Waals surface area contributed by atoms with Gasteiger partial charge in [0.25, 0.3) is 0 Å². The molecule has 0 amide bonds. The molecule has 2 heterocycles. The highest BCUT2D eigenvalue weighted by molar-refractivity contribution is 7.07. The van der Waals surface area contributed by atoms with Crippen LogP contribution in [0.2, 0.25) is 0 Å². The van der Waals surface area contributed by atoms with Gasteiger partial charge < -0.3 is 9.30 Å². The van der Waals surface area contributed by atoms with Crippen molar-refractivity contribution in [1.82, 2.24) is 9.55 Å². The lowest BCUT2D eigenvalue weighted by Crippen LogP contribution is -2.23. The molecular formula is C21H23N3OS. The molecular weight excluding hydrogens is 342 g/mol. The maximum absolute atomic E-state index is 5.31. The normalized spacial score (nSPS) is 16.0. The predicted molar refractivity (Wildman–Crippen MR) is 106 cm³/mol. The third kappa shape index (κ3) is 3.58. The molecule has 1 aromatic carbocycles. The minimum atomic E-state index is 0.516. The second-order valence-corrected chi connectivity index (χ2v) is 7.45. The van der Waals surface area contributed by atoms with E-state index in [-0.39, 0.29) is 0 Å². The Bertz CT molecular complexity index is 906. The van der Waals surface area contributed by atoms with Gasteiger partial charge in [-0.1, -0.05) is 19.3 Å². The summed E-state index contributed by atoms with van der Waals surface area (Å²) in [5.74, 6) is 0.883. The van der Waals surface area contributed by atoms with Crippen molar-refractivity contribution in [2.75, 3.05) is 7.11 Å². The quantitative estimate of drug-likeness (QED) is 0.624. The number of pyridine rings is 1. The van der Waals surface area contributed by atoms with Crippen LogP contribution in [0.15, 0.2) is 59.2 Å². The summed E-state index contributed by atoms with van der Waals surface area (Å²) in [6.45, 7) is 0. The number of ether oxygens (including phenoxy) is 1. The maximum Gasteiger partial charge on any atom is 0.190 e. The van der Waals surface area contributed by atoms with E-state index in [9.17, 15) is 0 Å². The second kappa shape index (κ2) is 7.87. The van der Waals surface area contributed by atoms with E-state index in [4.69, 9.17) is 9.73 Å². The number of thiazole rings is 1. The van der Waals surface area contributed by atoms with Gasteiger partial charge in [0.1, 0.15) is 5.75 Å². The highest BCUT2D eigenvalue weighted by atomic mass is 32.1. The van der Waals surface area contributed by atoms with Crippen molar-refractivity contribution in [1.29, 1.82) is 0 Å². The van der Waals surface area contributed by atoms with Crippen LogP contribution in [-0.2, 0) is 0 Å². The molecule has 1 fully saturated rings. The Balaban J connectivity index is 1.82. The Labute approximate surface area is 157 Å². The van der Waals surface area contributed by atoms with Gasteiger partial charge in [0, 0.05) is 17.6 Å². The number of aromatic nitrogens is 2. The summed E-state index contributed by atoms with van der Waals surface area (Å²) in [4.78, 5) is 10.1. The molecule has 0 bridgehead atoms. The van der Waals surface area contributed by atoms with E-state index in [1.807, 2.05) is 30.5 Å². The van der Waals surface area contributed by atoms with Crippen molar-refractivity contribution >= 4 is 17.0 Å². The maximum atomic E-state index is 5.31. The third-order valence-electron chi connectivity index (χ3n) is 4.94. The van der Waals surface area contributed by atoms with Crippen molar-refractivity contribution in [2.45, 2.75) is 38.1 Å². The summed E-state index contributed by atoms with van der Waals surface area (Å²) >= 11 is 1.71. The van der Waals surface area contributed by atoms with Crippen LogP contribution in [0.1, 0.15) is 38.1 Å². The minimum absolute atomic E-state index is 0.516. The van der Waals surface area contributed by atoms with Gasteiger partial charge in [0.05, 0.1) is 24.7 Å². The summed E-state index contributed by atoms with van der Waals surface area (Å²) < 4.78 is 7.75. The fraction of sp³-hybridized carbons (Fsp3) is 0.333. The van der Waals surface area contributed by atoms with Crippen LogP contribution >= 0.6 is 11.3 Å². The van der Waals surface area contributed by atoms with E-state index in [2.05, 4.69) is 27.1 Å². The number of nitrogens with zero attached hydrogens (tertiary/aromatic N) is 3. The molecule has 4 rings (SSSR count). The zero-order valence-electron chi connectivity index (χ0n) is 15.0. The standard InChI is InChI=1S/C21H23N3OS/c1-25-19-11-9-16(10-12-19)20-15-26-21(23-17-6-5-13-22-14-17)24(20)18-7-3-2-4-8-18/h5-6,9-15,18H,2-4,7-8H2,1H3. The average Bonchev–Trinajstić information content (AvgIpc) is 3.13. The zero-order chi connectivity index (χ0) is 17.8. The summed E-state index contributed by atoms with van der Waals surface area (Å²) in [7, 11) is 1.70. The molecule has 0 spiro atoms. The van der Waals surface area contributed by atoms with Crippen LogP contribution < -0.4 is 9.54 Å². The van der Waals surface area contributed by atoms with Crippen LogP contribution in [0, 0.1) is 0 Å². The first kappa shape index (κ1) is 17.0. The molecule has 0 aliphatic heterocycles. The topological polar surface area (TPSA) is 39.4 Å². The number of methoxy groups -OCH3 is 1. The Morgan fingerprint density at radius 3 is 2.62 bits per heavy atom. The Morgan fingerprint density at radius 1 is 1.12 bits per heavy atom. The van der Waals surface area contributed by atoms with Crippen LogP contribution in [0.3, 0.4) is 0 Å². The number of hydrogen-bond donors (Lipinski definition) is 0. The van der Waals surface area contributed by atoms with E-state index in [0.717, 1.165) is 16.2 Å². The van der Waals surface area contributed by atoms with Gasteiger partial charge in [-0.05, 0) is 54.8 Å². The molecule has 1 saturated carbocycles. The highest BCUT2D eigenvalue weighted by Crippen LogP contribution is 2.33. The van der Waals surface area contributed by atoms with E-state index >= 15 is 0 Å². The van der Waals surface area contributed by atoms with E-state index in [1.165, 1.54) is 43.4 Å². The molecule has 134 valence electrons. The van der Waals surface area contributed by atoms with Gasteiger partial charge in [-0.2, -0.15) is 0 Å². The lowest BCUT2D eigenvalue weighted by Gasteiger charge is -2.25. The summed E-state index contributed by atoms with van der Waals surface area (Å²) in [5, 5.41) is 2.23. The lowest BCUT2D eigenvalue weighted by atomic mass is 9.95. The van der Waals surface area contributed by atoms with Crippen LogP contribution in [0.5, 0.6) is 5.75 Å². The SMILES string of the molecule is COc1ccc(-c2csc(=Nc3cccnc3)n2C2CCCCC2)cc1. The summed E-state index contributed by atoms with van der Waals surface area (Å²) in [5.41, 5.74) is 3.35. The molecule has 1 aliphatic carbocycles. The molecule has 0 atom stereocenters. The first-order valence-corrected chi connectivity index (χ1v) is 10.0. The molecule has 5 heteroatoms. The van der Waals surface area contributed by atoms with Gasteiger partial charge in [0.15, 0.2) is 4.80 Å². The van der Waals surface area contributed by atoms with Gasteiger partial charge in [-0.3, -0.25) is 4.98 Å². The van der Waals surface area contributed by atoms with Gasteiger partial charge in [-0.25, -0.2) is 4.99 Å². The summed E-state index contributed by atoms with van der Waals surface area (Å²) in [6, 6.07) is 12.8. The number of hydrogen-bond acceptors (Lipinski definition) is 4. The Morgan fingerprint density at radius 2 is 1.92 bits per heavy atom. The molecule has 26 heavy (non-hydrogen) atoms. The van der Waals surface area contributed by atoms with Gasteiger partial charge in [-0.15, -0.1) is 11.3 Å². The highest BCUT2D eigenvalue weighted by Gasteiger charge is 2.20.